The zero-order valence-corrected chi connectivity index (χ0v) is 12.6. The van der Waals surface area contributed by atoms with Gasteiger partial charge in [-0.15, -0.1) is 6.58 Å². The predicted molar refractivity (Wildman–Crippen MR) is 87.6 cm³/mol. The second kappa shape index (κ2) is 4.71. The zero-order valence-electron chi connectivity index (χ0n) is 12.6. The number of aromatic nitrogens is 1. The second-order valence-electron chi connectivity index (χ2n) is 6.72. The Morgan fingerprint density at radius 3 is 3.14 bits per heavy atom. The van der Waals surface area contributed by atoms with Gasteiger partial charge in [0.15, 0.2) is 0 Å². The molecule has 3 atom stereocenters. The molecule has 0 saturated carbocycles. The van der Waals surface area contributed by atoms with E-state index in [1.165, 1.54) is 22.0 Å². The summed E-state index contributed by atoms with van der Waals surface area (Å²) >= 11 is 0. The van der Waals surface area contributed by atoms with Gasteiger partial charge in [0.1, 0.15) is 0 Å². The molecular weight excluding hydrogens is 274 g/mol. The number of hydrogen-bond donors (Lipinski definition) is 3. The predicted octanol–water partition coefficient (Wildman–Crippen LogP) is 2.22. The van der Waals surface area contributed by atoms with Crippen LogP contribution in [0.1, 0.15) is 29.9 Å². The van der Waals surface area contributed by atoms with E-state index < -0.39 is 5.41 Å². The van der Waals surface area contributed by atoms with Crippen molar-refractivity contribution in [1.82, 2.24) is 10.3 Å². The number of piperidine rings is 1. The van der Waals surface area contributed by atoms with Gasteiger partial charge in [0.25, 0.3) is 0 Å². The van der Waals surface area contributed by atoms with E-state index in [9.17, 15) is 4.79 Å². The average molecular weight is 295 g/mol. The van der Waals surface area contributed by atoms with Gasteiger partial charge in [0, 0.05) is 35.6 Å². The lowest BCUT2D eigenvalue weighted by Gasteiger charge is -2.45. The number of nitrogens with two attached hydrogens (primary N) is 1. The van der Waals surface area contributed by atoms with Gasteiger partial charge in [0.05, 0.1) is 5.41 Å². The summed E-state index contributed by atoms with van der Waals surface area (Å²) in [6.07, 6.45) is 6.37. The van der Waals surface area contributed by atoms with Crippen LogP contribution in [0.2, 0.25) is 0 Å². The van der Waals surface area contributed by atoms with Gasteiger partial charge in [-0.2, -0.15) is 0 Å². The van der Waals surface area contributed by atoms with E-state index >= 15 is 0 Å². The van der Waals surface area contributed by atoms with Crippen molar-refractivity contribution in [3.05, 3.63) is 48.2 Å². The van der Waals surface area contributed by atoms with Crippen LogP contribution in [0.4, 0.5) is 0 Å². The number of carbonyl (C=O) groups excluding carboxylic acids is 1. The molecule has 4 rings (SSSR count). The maximum atomic E-state index is 12.1. The molecule has 0 spiro atoms. The summed E-state index contributed by atoms with van der Waals surface area (Å²) < 4.78 is 0. The van der Waals surface area contributed by atoms with Crippen molar-refractivity contribution in [1.29, 1.82) is 0 Å². The third kappa shape index (κ3) is 1.77. The summed E-state index contributed by atoms with van der Waals surface area (Å²) in [5, 5.41) is 4.93. The van der Waals surface area contributed by atoms with E-state index in [0.717, 1.165) is 12.8 Å². The van der Waals surface area contributed by atoms with Crippen molar-refractivity contribution in [3.63, 3.8) is 0 Å². The van der Waals surface area contributed by atoms with Crippen molar-refractivity contribution in [2.45, 2.75) is 31.2 Å². The van der Waals surface area contributed by atoms with Gasteiger partial charge in [-0.3, -0.25) is 4.79 Å². The highest BCUT2D eigenvalue weighted by Crippen LogP contribution is 2.46. The van der Waals surface area contributed by atoms with Crippen molar-refractivity contribution in [2.24, 2.45) is 11.1 Å². The third-order valence-electron chi connectivity index (χ3n) is 5.52. The van der Waals surface area contributed by atoms with E-state index in [1.54, 1.807) is 0 Å². The minimum atomic E-state index is -0.515. The number of aromatic amines is 1. The molecule has 22 heavy (non-hydrogen) atoms. The number of amides is 1. The minimum absolute atomic E-state index is 0.217. The van der Waals surface area contributed by atoms with E-state index in [1.807, 2.05) is 6.08 Å². The van der Waals surface area contributed by atoms with Crippen molar-refractivity contribution >= 4 is 16.8 Å². The van der Waals surface area contributed by atoms with E-state index in [-0.39, 0.29) is 5.91 Å². The fourth-order valence-corrected chi connectivity index (χ4v) is 4.36. The maximum Gasteiger partial charge on any atom is 0.225 e. The molecule has 0 radical (unpaired) electrons. The standard InChI is InChI=1S/C18H21N3O/c1-2-6-18(17(19)22)8-13-12-4-3-5-14-16(12)11(9-20-14)7-15(13)21-10-18/h2-5,9,13,15,20-21H,1,6-8,10H2,(H2,19,22)/t13-,15-,18?/m1/s1. The second-order valence-corrected chi connectivity index (χ2v) is 6.72. The Morgan fingerprint density at radius 2 is 2.36 bits per heavy atom. The smallest absolute Gasteiger partial charge is 0.225 e. The number of hydrogen-bond acceptors (Lipinski definition) is 2. The van der Waals surface area contributed by atoms with E-state index in [4.69, 9.17) is 5.73 Å². The van der Waals surface area contributed by atoms with Gasteiger partial charge < -0.3 is 16.0 Å². The summed E-state index contributed by atoms with van der Waals surface area (Å²) in [6, 6.07) is 6.79. The number of nitrogens with one attached hydrogen (secondary N) is 2. The highest BCUT2D eigenvalue weighted by molar-refractivity contribution is 5.89. The van der Waals surface area contributed by atoms with E-state index in [0.29, 0.717) is 24.9 Å². The summed E-state index contributed by atoms with van der Waals surface area (Å²) in [4.78, 5) is 15.5. The highest BCUT2D eigenvalue weighted by atomic mass is 16.1. The van der Waals surface area contributed by atoms with Crippen LogP contribution >= 0.6 is 0 Å². The zero-order chi connectivity index (χ0) is 15.3. The van der Waals surface area contributed by atoms with Crippen molar-refractivity contribution in [2.75, 3.05) is 6.54 Å². The number of rotatable bonds is 3. The largest absolute Gasteiger partial charge is 0.369 e. The molecule has 4 nitrogen and oxygen atoms in total. The van der Waals surface area contributed by atoms with Crippen LogP contribution in [-0.2, 0) is 11.2 Å². The molecule has 4 N–H and O–H groups in total. The van der Waals surface area contributed by atoms with E-state index in [2.05, 4.69) is 41.3 Å². The van der Waals surface area contributed by atoms with Crippen LogP contribution in [0.3, 0.4) is 0 Å². The lowest BCUT2D eigenvalue weighted by molar-refractivity contribution is -0.129. The van der Waals surface area contributed by atoms with Gasteiger partial charge in [-0.25, -0.2) is 0 Å². The molecule has 1 aromatic heterocycles. The fraction of sp³-hybridized carbons (Fsp3) is 0.389. The number of H-pyrrole nitrogens is 1. The fourth-order valence-electron chi connectivity index (χ4n) is 4.36. The number of allylic oxidation sites excluding steroid dienone is 1. The average Bonchev–Trinajstić information content (AvgIpc) is 2.93. The number of primary amides is 1. The Balaban J connectivity index is 1.81. The Kier molecular flexibility index (Phi) is 2.91. The summed E-state index contributed by atoms with van der Waals surface area (Å²) in [5.41, 5.74) is 9.13. The molecule has 1 saturated heterocycles. The van der Waals surface area contributed by atoms with Gasteiger partial charge >= 0.3 is 0 Å². The number of fused-ring (bicyclic) bond motifs is 2. The lowest BCUT2D eigenvalue weighted by Crippen LogP contribution is -2.56. The molecule has 1 amide bonds. The van der Waals surface area contributed by atoms with Crippen molar-refractivity contribution < 1.29 is 4.79 Å². The highest BCUT2D eigenvalue weighted by Gasteiger charge is 2.46. The quantitative estimate of drug-likeness (QED) is 0.760. The summed E-state index contributed by atoms with van der Waals surface area (Å²) in [7, 11) is 0. The maximum absolute atomic E-state index is 12.1. The third-order valence-corrected chi connectivity index (χ3v) is 5.52. The SMILES string of the molecule is C=CCC1(C(N)=O)CN[C@@H]2Cc3c[nH]c4cccc(c34)[C@H]2C1. The molecule has 2 aliphatic rings. The Hall–Kier alpha value is -2.07. The van der Waals surface area contributed by atoms with Crippen LogP contribution in [0.15, 0.2) is 37.1 Å². The van der Waals surface area contributed by atoms with Gasteiger partial charge in [-0.1, -0.05) is 18.2 Å². The normalized spacial score (nSPS) is 30.0. The first-order chi connectivity index (χ1) is 10.6. The Morgan fingerprint density at radius 1 is 1.50 bits per heavy atom. The van der Waals surface area contributed by atoms with Crippen LogP contribution in [0.5, 0.6) is 0 Å². The molecule has 2 heterocycles. The van der Waals surface area contributed by atoms with Crippen LogP contribution in [0.25, 0.3) is 10.9 Å². The Labute approximate surface area is 129 Å². The van der Waals surface area contributed by atoms with Gasteiger partial charge in [-0.05, 0) is 36.5 Å². The first-order valence-electron chi connectivity index (χ1n) is 7.88. The Bertz CT molecular complexity index is 763. The first-order valence-corrected chi connectivity index (χ1v) is 7.88. The molecule has 1 aromatic carbocycles. The molecule has 1 aliphatic heterocycles. The molecular formula is C18H21N3O. The molecule has 2 aromatic rings. The minimum Gasteiger partial charge on any atom is -0.369 e. The van der Waals surface area contributed by atoms with Crippen molar-refractivity contribution in [3.8, 4) is 0 Å². The van der Waals surface area contributed by atoms with Gasteiger partial charge in [0.2, 0.25) is 5.91 Å². The number of carbonyl (C=O) groups is 1. The molecule has 1 fully saturated rings. The van der Waals surface area contributed by atoms with Crippen LogP contribution < -0.4 is 11.1 Å². The van der Waals surface area contributed by atoms with Crippen LogP contribution in [-0.4, -0.2) is 23.5 Å². The topological polar surface area (TPSA) is 70.9 Å². The van der Waals surface area contributed by atoms with Crippen LogP contribution in [0, 0.1) is 5.41 Å². The molecule has 1 unspecified atom stereocenters. The summed E-state index contributed by atoms with van der Waals surface area (Å²) in [6.45, 7) is 4.46. The molecule has 114 valence electrons. The number of benzene rings is 1. The first kappa shape index (κ1) is 13.6. The molecule has 0 bridgehead atoms. The summed E-state index contributed by atoms with van der Waals surface area (Å²) in [5.74, 6) is 0.110. The monoisotopic (exact) mass is 295 g/mol. The lowest BCUT2D eigenvalue weighted by atomic mass is 9.65. The molecule has 1 aliphatic carbocycles. The molecule has 4 heteroatoms.